The second kappa shape index (κ2) is 7.31. The second-order valence-corrected chi connectivity index (χ2v) is 4.55. The van der Waals surface area contributed by atoms with Crippen molar-refractivity contribution in [2.45, 2.75) is 25.5 Å². The molecule has 0 radical (unpaired) electrons. The third-order valence-corrected chi connectivity index (χ3v) is 3.28. The Kier molecular flexibility index (Phi) is 6.06. The highest BCUT2D eigenvalue weighted by Crippen LogP contribution is 2.26. The average Bonchev–Trinajstić information content (AvgIpc) is 2.86. The van der Waals surface area contributed by atoms with Crippen LogP contribution in [0.1, 0.15) is 24.8 Å². The summed E-state index contributed by atoms with van der Waals surface area (Å²) >= 11 is 0. The maximum absolute atomic E-state index is 9.81. The number of rotatable bonds is 5. The van der Waals surface area contributed by atoms with Crippen molar-refractivity contribution in [3.8, 4) is 0 Å². The Labute approximate surface area is 121 Å². The lowest BCUT2D eigenvalue weighted by Gasteiger charge is -2.28. The first kappa shape index (κ1) is 15.7. The van der Waals surface area contributed by atoms with E-state index < -0.39 is 6.23 Å². The Morgan fingerprint density at radius 3 is 2.68 bits per heavy atom. The van der Waals surface area contributed by atoms with Gasteiger partial charge in [-0.15, -0.1) is 19.0 Å². The molecular weight excluding hydrogens is 260 g/mol. The van der Waals surface area contributed by atoms with Gasteiger partial charge in [0, 0.05) is 12.5 Å². The molecule has 1 aliphatic heterocycles. The predicted octanol–water partition coefficient (Wildman–Crippen LogP) is 2.82. The van der Waals surface area contributed by atoms with Crippen LogP contribution in [0.4, 0.5) is 0 Å². The maximum atomic E-state index is 9.81. The predicted molar refractivity (Wildman–Crippen MR) is 81.9 cm³/mol. The van der Waals surface area contributed by atoms with E-state index in [0.717, 1.165) is 25.3 Å². The molecule has 0 fully saturated rings. The van der Waals surface area contributed by atoms with E-state index in [1.54, 1.807) is 6.92 Å². The minimum Gasteiger partial charge on any atom is -0.374 e. The summed E-state index contributed by atoms with van der Waals surface area (Å²) in [5.41, 5.74) is 1.23. The summed E-state index contributed by atoms with van der Waals surface area (Å²) in [6.07, 6.45) is 2.27. The van der Waals surface area contributed by atoms with E-state index >= 15 is 0 Å². The molecule has 1 N–H and O–H groups in total. The van der Waals surface area contributed by atoms with E-state index in [4.69, 9.17) is 0 Å². The van der Waals surface area contributed by atoms with Crippen molar-refractivity contribution in [3.05, 3.63) is 48.6 Å². The van der Waals surface area contributed by atoms with E-state index in [2.05, 4.69) is 23.7 Å². The normalized spacial score (nSPS) is 17.4. The number of amidine groups is 1. The molecule has 0 amide bonds. The Morgan fingerprint density at radius 2 is 2.11 bits per heavy atom. The van der Waals surface area contributed by atoms with Gasteiger partial charge in [0.25, 0.3) is 0 Å². The minimum absolute atomic E-state index is 0. The molecule has 19 heavy (non-hydrogen) atoms. The zero-order valence-electron chi connectivity index (χ0n) is 11.2. The molecule has 104 valence electrons. The molecule has 2 unspecified atom stereocenters. The lowest BCUT2D eigenvalue weighted by Crippen LogP contribution is -2.38. The van der Waals surface area contributed by atoms with Crippen LogP contribution < -0.4 is 0 Å². The first-order valence-corrected chi connectivity index (χ1v) is 6.39. The topological polar surface area (TPSA) is 35.8 Å². The monoisotopic (exact) mass is 280 g/mol. The highest BCUT2D eigenvalue weighted by Gasteiger charge is 2.28. The van der Waals surface area contributed by atoms with E-state index in [1.165, 1.54) is 5.56 Å². The number of halogens is 1. The molecule has 1 aliphatic rings. The minimum atomic E-state index is -0.484. The van der Waals surface area contributed by atoms with Gasteiger partial charge in [0.15, 0.2) is 0 Å². The standard InChI is InChI=1S/C15H20N2O.ClH/c1-3-7-14(13-8-5-4-6-9-13)15-16-10-11-17(15)12(2)18;/h3-6,8-9,12,14,18H,1,7,10-11H2,2H3;1H. The van der Waals surface area contributed by atoms with Gasteiger partial charge in [-0.25, -0.2) is 0 Å². The number of nitrogens with zero attached hydrogens (tertiary/aromatic N) is 2. The van der Waals surface area contributed by atoms with Gasteiger partial charge in [-0.05, 0) is 18.9 Å². The van der Waals surface area contributed by atoms with Crippen LogP contribution in [-0.2, 0) is 0 Å². The van der Waals surface area contributed by atoms with Crippen molar-refractivity contribution in [1.82, 2.24) is 4.90 Å². The SMILES string of the molecule is C=CCC(C1=NCCN1C(C)O)c1ccccc1.Cl. The van der Waals surface area contributed by atoms with Crippen molar-refractivity contribution < 1.29 is 5.11 Å². The zero-order chi connectivity index (χ0) is 13.0. The van der Waals surface area contributed by atoms with Gasteiger partial charge in [-0.2, -0.15) is 0 Å². The fourth-order valence-corrected chi connectivity index (χ4v) is 2.41. The Balaban J connectivity index is 0.00000180. The van der Waals surface area contributed by atoms with Crippen LogP contribution in [0.3, 0.4) is 0 Å². The summed E-state index contributed by atoms with van der Waals surface area (Å²) in [7, 11) is 0. The van der Waals surface area contributed by atoms with E-state index in [0.29, 0.717) is 0 Å². The maximum Gasteiger partial charge on any atom is 0.125 e. The van der Waals surface area contributed by atoms with Gasteiger partial charge in [0.1, 0.15) is 12.1 Å². The van der Waals surface area contributed by atoms with Crippen LogP contribution in [0.25, 0.3) is 0 Å². The van der Waals surface area contributed by atoms with Crippen molar-refractivity contribution in [2.75, 3.05) is 13.1 Å². The molecular formula is C15H21ClN2O. The van der Waals surface area contributed by atoms with E-state index in [-0.39, 0.29) is 18.3 Å². The summed E-state index contributed by atoms with van der Waals surface area (Å²) in [4.78, 5) is 6.54. The number of allylic oxidation sites excluding steroid dienone is 1. The van der Waals surface area contributed by atoms with Gasteiger partial charge >= 0.3 is 0 Å². The average molecular weight is 281 g/mol. The van der Waals surface area contributed by atoms with Crippen LogP contribution in [0.2, 0.25) is 0 Å². The zero-order valence-corrected chi connectivity index (χ0v) is 12.0. The van der Waals surface area contributed by atoms with Crippen LogP contribution >= 0.6 is 12.4 Å². The van der Waals surface area contributed by atoms with Crippen molar-refractivity contribution in [3.63, 3.8) is 0 Å². The molecule has 0 aliphatic carbocycles. The first-order chi connectivity index (χ1) is 8.74. The van der Waals surface area contributed by atoms with Crippen LogP contribution in [0.15, 0.2) is 48.0 Å². The van der Waals surface area contributed by atoms with Crippen molar-refractivity contribution in [1.29, 1.82) is 0 Å². The highest BCUT2D eigenvalue weighted by atomic mass is 35.5. The number of aliphatic hydroxyl groups is 1. The number of aliphatic imine (C=N–C) groups is 1. The molecule has 4 heteroatoms. The summed E-state index contributed by atoms with van der Waals surface area (Å²) in [6, 6.07) is 10.3. The van der Waals surface area contributed by atoms with Crippen molar-refractivity contribution >= 4 is 18.2 Å². The third-order valence-electron chi connectivity index (χ3n) is 3.28. The summed E-state index contributed by atoms with van der Waals surface area (Å²) in [5.74, 6) is 1.18. The van der Waals surface area contributed by atoms with Gasteiger partial charge in [0.05, 0.1) is 6.54 Å². The van der Waals surface area contributed by atoms with Gasteiger partial charge in [0.2, 0.25) is 0 Å². The van der Waals surface area contributed by atoms with Crippen LogP contribution in [0.5, 0.6) is 0 Å². The van der Waals surface area contributed by atoms with Crippen LogP contribution in [-0.4, -0.2) is 35.2 Å². The molecule has 0 saturated carbocycles. The number of hydrogen-bond donors (Lipinski definition) is 1. The number of hydrogen-bond acceptors (Lipinski definition) is 3. The molecule has 2 atom stereocenters. The summed E-state index contributed by atoms with van der Waals surface area (Å²) < 4.78 is 0. The third kappa shape index (κ3) is 3.58. The molecule has 0 bridgehead atoms. The molecule has 3 nitrogen and oxygen atoms in total. The van der Waals surface area contributed by atoms with E-state index in [1.807, 2.05) is 29.2 Å². The first-order valence-electron chi connectivity index (χ1n) is 6.39. The fourth-order valence-electron chi connectivity index (χ4n) is 2.41. The van der Waals surface area contributed by atoms with Crippen LogP contribution in [0, 0.1) is 0 Å². The lowest BCUT2D eigenvalue weighted by molar-refractivity contribution is 0.0759. The second-order valence-electron chi connectivity index (χ2n) is 4.55. The number of benzene rings is 1. The Bertz CT molecular complexity index is 431. The van der Waals surface area contributed by atoms with Crippen molar-refractivity contribution in [2.24, 2.45) is 4.99 Å². The highest BCUT2D eigenvalue weighted by molar-refractivity contribution is 5.90. The molecule has 0 spiro atoms. The molecule has 2 rings (SSSR count). The molecule has 1 aromatic rings. The molecule has 1 aromatic carbocycles. The van der Waals surface area contributed by atoms with Gasteiger partial charge in [-0.3, -0.25) is 4.99 Å². The van der Waals surface area contributed by atoms with E-state index in [9.17, 15) is 5.11 Å². The quantitative estimate of drug-likeness (QED) is 0.842. The fraction of sp³-hybridized carbons (Fsp3) is 0.400. The Morgan fingerprint density at radius 1 is 1.42 bits per heavy atom. The summed E-state index contributed by atoms with van der Waals surface area (Å²) in [6.45, 7) is 7.18. The lowest BCUT2D eigenvalue weighted by atomic mass is 9.94. The molecule has 1 heterocycles. The smallest absolute Gasteiger partial charge is 0.125 e. The molecule has 0 aromatic heterocycles. The van der Waals surface area contributed by atoms with Gasteiger partial charge < -0.3 is 10.0 Å². The van der Waals surface area contributed by atoms with Gasteiger partial charge in [-0.1, -0.05) is 36.4 Å². The summed E-state index contributed by atoms with van der Waals surface area (Å²) in [5, 5.41) is 9.81. The number of aliphatic hydroxyl groups excluding tert-OH is 1. The molecule has 0 saturated heterocycles. The Hall–Kier alpha value is -1.32. The largest absolute Gasteiger partial charge is 0.374 e.